The van der Waals surface area contributed by atoms with Crippen LogP contribution in [0.3, 0.4) is 0 Å². The molecule has 0 saturated heterocycles. The van der Waals surface area contributed by atoms with Gasteiger partial charge in [0.15, 0.2) is 0 Å². The molecule has 1 aliphatic heterocycles. The van der Waals surface area contributed by atoms with Crippen LogP contribution in [0.2, 0.25) is 0 Å². The number of aryl methyl sites for hydroxylation is 1. The van der Waals surface area contributed by atoms with Gasteiger partial charge in [0.2, 0.25) is 5.91 Å². The summed E-state index contributed by atoms with van der Waals surface area (Å²) >= 11 is 0. The predicted molar refractivity (Wildman–Crippen MR) is 78.4 cm³/mol. The number of fused-ring (bicyclic) bond motifs is 1. The number of rotatable bonds is 6. The van der Waals surface area contributed by atoms with Crippen molar-refractivity contribution < 1.29 is 4.79 Å². The molecule has 0 spiro atoms. The zero-order valence-electron chi connectivity index (χ0n) is 12.7. The third-order valence-electron chi connectivity index (χ3n) is 3.81. The van der Waals surface area contributed by atoms with E-state index in [-0.39, 0.29) is 5.91 Å². The van der Waals surface area contributed by atoms with Crippen molar-refractivity contribution in [1.29, 1.82) is 0 Å². The van der Waals surface area contributed by atoms with Crippen molar-refractivity contribution in [3.63, 3.8) is 0 Å². The maximum Gasteiger partial charge on any atom is 0.220 e. The van der Waals surface area contributed by atoms with E-state index >= 15 is 0 Å². The largest absolute Gasteiger partial charge is 0.356 e. The number of carbonyl (C=O) groups is 1. The van der Waals surface area contributed by atoms with Gasteiger partial charge in [-0.15, -0.1) is 10.2 Å². The van der Waals surface area contributed by atoms with Gasteiger partial charge in [-0.1, -0.05) is 20.3 Å². The number of amides is 1. The Balaban J connectivity index is 1.77. The minimum absolute atomic E-state index is 0.148. The molecule has 2 heterocycles. The molecule has 0 aromatic carbocycles. The predicted octanol–water partition coefficient (Wildman–Crippen LogP) is 2.10. The molecule has 0 unspecified atom stereocenters. The number of carbonyl (C=O) groups excluding carboxylic acids is 1. The van der Waals surface area contributed by atoms with E-state index in [9.17, 15) is 4.79 Å². The first-order valence-corrected chi connectivity index (χ1v) is 7.84. The maximum atomic E-state index is 11.7. The fourth-order valence-corrected chi connectivity index (χ4v) is 2.55. The van der Waals surface area contributed by atoms with Crippen molar-refractivity contribution in [3.8, 4) is 0 Å². The summed E-state index contributed by atoms with van der Waals surface area (Å²) in [5.41, 5.74) is 0. The third-order valence-corrected chi connectivity index (χ3v) is 3.81. The standard InChI is InChI=1S/C15H26N4O/c1-12(2)7-8-15(20)16-10-9-14-18-17-13-6-4-3-5-11-19(13)14/h12H,3-11H2,1-2H3,(H,16,20). The number of aromatic nitrogens is 3. The molecule has 0 atom stereocenters. The summed E-state index contributed by atoms with van der Waals surface area (Å²) in [6.07, 6.45) is 7.08. The second-order valence-corrected chi connectivity index (χ2v) is 6.03. The molecule has 1 aromatic heterocycles. The van der Waals surface area contributed by atoms with E-state index in [0.717, 1.165) is 37.5 Å². The topological polar surface area (TPSA) is 59.8 Å². The molecule has 0 fully saturated rings. The lowest BCUT2D eigenvalue weighted by Gasteiger charge is -2.08. The van der Waals surface area contributed by atoms with Crippen molar-refractivity contribution in [2.45, 2.75) is 65.3 Å². The van der Waals surface area contributed by atoms with E-state index in [0.29, 0.717) is 18.9 Å². The Morgan fingerprint density at radius 2 is 2.15 bits per heavy atom. The van der Waals surface area contributed by atoms with Crippen molar-refractivity contribution in [2.24, 2.45) is 5.92 Å². The highest BCUT2D eigenvalue weighted by atomic mass is 16.1. The summed E-state index contributed by atoms with van der Waals surface area (Å²) in [4.78, 5) is 11.7. The van der Waals surface area contributed by atoms with E-state index in [4.69, 9.17) is 0 Å². The van der Waals surface area contributed by atoms with Crippen molar-refractivity contribution in [3.05, 3.63) is 11.6 Å². The lowest BCUT2D eigenvalue weighted by atomic mass is 10.1. The zero-order valence-corrected chi connectivity index (χ0v) is 12.7. The molecule has 5 heteroatoms. The van der Waals surface area contributed by atoms with Gasteiger partial charge in [-0.3, -0.25) is 4.79 Å². The van der Waals surface area contributed by atoms with Gasteiger partial charge in [0.1, 0.15) is 11.6 Å². The summed E-state index contributed by atoms with van der Waals surface area (Å²) in [5.74, 6) is 2.86. The van der Waals surface area contributed by atoms with Crippen LogP contribution >= 0.6 is 0 Å². The van der Waals surface area contributed by atoms with Crippen LogP contribution in [-0.4, -0.2) is 27.2 Å². The van der Waals surface area contributed by atoms with E-state index in [1.54, 1.807) is 0 Å². The van der Waals surface area contributed by atoms with Crippen molar-refractivity contribution in [2.75, 3.05) is 6.54 Å². The van der Waals surface area contributed by atoms with Gasteiger partial charge in [-0.05, 0) is 25.2 Å². The van der Waals surface area contributed by atoms with Crippen LogP contribution < -0.4 is 5.32 Å². The Morgan fingerprint density at radius 1 is 1.30 bits per heavy atom. The molecule has 20 heavy (non-hydrogen) atoms. The first-order chi connectivity index (χ1) is 9.66. The molecule has 112 valence electrons. The molecule has 5 nitrogen and oxygen atoms in total. The molecular weight excluding hydrogens is 252 g/mol. The van der Waals surface area contributed by atoms with Crippen LogP contribution in [0, 0.1) is 5.92 Å². The molecular formula is C15H26N4O. The first kappa shape index (κ1) is 15.0. The molecule has 1 aliphatic rings. The Labute approximate surface area is 121 Å². The van der Waals surface area contributed by atoms with Crippen LogP contribution in [-0.2, 0) is 24.2 Å². The monoisotopic (exact) mass is 278 g/mol. The highest BCUT2D eigenvalue weighted by Crippen LogP contribution is 2.14. The van der Waals surface area contributed by atoms with Gasteiger partial charge in [-0.2, -0.15) is 0 Å². The molecule has 0 saturated carbocycles. The summed E-state index contributed by atoms with van der Waals surface area (Å²) in [5, 5.41) is 11.5. The smallest absolute Gasteiger partial charge is 0.220 e. The Bertz CT molecular complexity index is 439. The first-order valence-electron chi connectivity index (χ1n) is 7.84. The number of hydrogen-bond acceptors (Lipinski definition) is 3. The van der Waals surface area contributed by atoms with Crippen LogP contribution in [0.25, 0.3) is 0 Å². The minimum atomic E-state index is 0.148. The Kier molecular flexibility index (Phi) is 5.56. The lowest BCUT2D eigenvalue weighted by molar-refractivity contribution is -0.121. The van der Waals surface area contributed by atoms with Gasteiger partial charge in [0.25, 0.3) is 0 Å². The average Bonchev–Trinajstić information content (AvgIpc) is 2.65. The fourth-order valence-electron chi connectivity index (χ4n) is 2.55. The second kappa shape index (κ2) is 7.41. The van der Waals surface area contributed by atoms with Gasteiger partial charge in [-0.25, -0.2) is 0 Å². The number of nitrogens with one attached hydrogen (secondary N) is 1. The maximum absolute atomic E-state index is 11.7. The quantitative estimate of drug-likeness (QED) is 0.867. The summed E-state index contributed by atoms with van der Waals surface area (Å²) in [7, 11) is 0. The van der Waals surface area contributed by atoms with E-state index in [2.05, 4.69) is 33.9 Å². The summed E-state index contributed by atoms with van der Waals surface area (Å²) < 4.78 is 2.24. The van der Waals surface area contributed by atoms with Gasteiger partial charge in [0, 0.05) is 32.4 Å². The molecule has 0 aliphatic carbocycles. The van der Waals surface area contributed by atoms with Crippen molar-refractivity contribution >= 4 is 5.91 Å². The van der Waals surface area contributed by atoms with Gasteiger partial charge >= 0.3 is 0 Å². The van der Waals surface area contributed by atoms with Gasteiger partial charge < -0.3 is 9.88 Å². The van der Waals surface area contributed by atoms with Crippen LogP contribution in [0.1, 0.15) is 57.6 Å². The number of nitrogens with zero attached hydrogens (tertiary/aromatic N) is 3. The Morgan fingerprint density at radius 3 is 2.95 bits per heavy atom. The average molecular weight is 278 g/mol. The molecule has 0 radical (unpaired) electrons. The molecule has 1 aromatic rings. The highest BCUT2D eigenvalue weighted by molar-refractivity contribution is 5.75. The van der Waals surface area contributed by atoms with Gasteiger partial charge in [0.05, 0.1) is 0 Å². The molecule has 2 rings (SSSR count). The van der Waals surface area contributed by atoms with E-state index in [1.807, 2.05) is 0 Å². The fraction of sp³-hybridized carbons (Fsp3) is 0.800. The van der Waals surface area contributed by atoms with Crippen LogP contribution in [0.5, 0.6) is 0 Å². The van der Waals surface area contributed by atoms with Crippen LogP contribution in [0.15, 0.2) is 0 Å². The highest BCUT2D eigenvalue weighted by Gasteiger charge is 2.14. The normalized spacial score (nSPS) is 14.9. The van der Waals surface area contributed by atoms with Crippen LogP contribution in [0.4, 0.5) is 0 Å². The Hall–Kier alpha value is -1.39. The molecule has 1 amide bonds. The summed E-state index contributed by atoms with van der Waals surface area (Å²) in [6.45, 7) is 5.96. The zero-order chi connectivity index (χ0) is 14.4. The molecule has 0 bridgehead atoms. The second-order valence-electron chi connectivity index (χ2n) is 6.03. The van der Waals surface area contributed by atoms with E-state index in [1.165, 1.54) is 19.3 Å². The molecule has 1 N–H and O–H groups in total. The minimum Gasteiger partial charge on any atom is -0.356 e. The SMILES string of the molecule is CC(C)CCC(=O)NCCc1nnc2n1CCCCC2. The number of hydrogen-bond donors (Lipinski definition) is 1. The van der Waals surface area contributed by atoms with Crippen molar-refractivity contribution in [1.82, 2.24) is 20.1 Å². The summed E-state index contributed by atoms with van der Waals surface area (Å²) in [6, 6.07) is 0. The third kappa shape index (κ3) is 4.32. The van der Waals surface area contributed by atoms with E-state index < -0.39 is 0 Å². The lowest BCUT2D eigenvalue weighted by Crippen LogP contribution is -2.26.